The molecule has 11 nitrogen and oxygen atoms in total. The highest BCUT2D eigenvalue weighted by molar-refractivity contribution is 5.77. The maximum Gasteiger partial charge on any atom is 0.320 e. The fourth-order valence-corrected chi connectivity index (χ4v) is 3.98. The van der Waals surface area contributed by atoms with E-state index in [9.17, 15) is 19.5 Å². The molecule has 1 unspecified atom stereocenters. The second kappa shape index (κ2) is 17.0. The number of carboxylic acid groups (broad SMARTS) is 2. The Balaban J connectivity index is 0.000000478. The number of fused-ring (bicyclic) bond motifs is 1. The van der Waals surface area contributed by atoms with Gasteiger partial charge in [-0.3, -0.25) is 14.2 Å². The molecule has 0 saturated carbocycles. The number of carbonyl (C=O) groups is 2. The number of para-hydroxylation sites is 1. The number of aromatic nitrogens is 2. The van der Waals surface area contributed by atoms with Gasteiger partial charge in [0.15, 0.2) is 0 Å². The first-order valence-corrected chi connectivity index (χ1v) is 13.5. The van der Waals surface area contributed by atoms with Gasteiger partial charge >= 0.3 is 5.97 Å². The number of quaternary nitrogens is 1. The van der Waals surface area contributed by atoms with Gasteiger partial charge in [0.2, 0.25) is 0 Å². The first kappa shape index (κ1) is 32.4. The van der Waals surface area contributed by atoms with Gasteiger partial charge in [-0.2, -0.15) is 0 Å². The Kier molecular flexibility index (Phi) is 13.8. The van der Waals surface area contributed by atoms with E-state index in [1.54, 1.807) is 41.8 Å². The third-order valence-corrected chi connectivity index (χ3v) is 6.15. The zero-order valence-corrected chi connectivity index (χ0v) is 23.2. The molecule has 11 heteroatoms. The van der Waals surface area contributed by atoms with Crippen LogP contribution < -0.4 is 26.9 Å². The largest absolute Gasteiger partial charge is 0.547 e. The lowest BCUT2D eigenvalue weighted by atomic mass is 10.1. The van der Waals surface area contributed by atoms with Crippen LogP contribution in [-0.4, -0.2) is 58.5 Å². The molecule has 3 aromatic rings. The van der Waals surface area contributed by atoms with E-state index < -0.39 is 24.1 Å². The number of hydrogen-bond acceptors (Lipinski definition) is 8. The summed E-state index contributed by atoms with van der Waals surface area (Å²) in [5, 5.41) is 20.0. The first-order valence-electron chi connectivity index (χ1n) is 13.5. The summed E-state index contributed by atoms with van der Waals surface area (Å²) < 4.78 is 12.6. The molecule has 0 aliphatic rings. The number of ether oxygens (including phenoxy) is 2. The van der Waals surface area contributed by atoms with Crippen LogP contribution >= 0.6 is 0 Å². The Hall–Kier alpha value is -3.80. The highest BCUT2D eigenvalue weighted by Gasteiger charge is 2.12. The number of carboxylic acids is 2. The summed E-state index contributed by atoms with van der Waals surface area (Å²) in [5.74, 6) is -0.774. The van der Waals surface area contributed by atoms with Crippen LogP contribution in [0.5, 0.6) is 5.75 Å². The van der Waals surface area contributed by atoms with E-state index in [1.807, 2.05) is 25.1 Å². The van der Waals surface area contributed by atoms with E-state index >= 15 is 0 Å². The minimum atomic E-state index is -1.22. The van der Waals surface area contributed by atoms with E-state index in [-0.39, 0.29) is 12.0 Å². The van der Waals surface area contributed by atoms with Gasteiger partial charge in [0.25, 0.3) is 5.56 Å². The van der Waals surface area contributed by atoms with Crippen LogP contribution in [0.25, 0.3) is 10.9 Å². The van der Waals surface area contributed by atoms with Gasteiger partial charge in [0, 0.05) is 19.4 Å². The molecule has 1 heterocycles. The molecule has 0 radical (unpaired) electrons. The van der Waals surface area contributed by atoms with Crippen molar-refractivity contribution in [1.82, 2.24) is 9.55 Å². The lowest BCUT2D eigenvalue weighted by molar-refractivity contribution is -0.368. The molecule has 0 aliphatic carbocycles. The van der Waals surface area contributed by atoms with Crippen LogP contribution in [0.3, 0.4) is 0 Å². The standard InChI is InChI=1S/C23H26N2O5.C6H14N2O2/c1-3-21-24-19-8-6-5-7-18(19)22(26)25(21)13-14-30-17-11-9-16(10-12-17)15-20(23(27)28)29-4-2;7-4-2-1-3-5(8)6(9)10/h5-12,20H,3-4,13-15H2,1-2H3,(H,27,28);5H,1-4,7-8H2,(H,9,10)/t20-;/m0./s1. The van der Waals surface area contributed by atoms with Crippen molar-refractivity contribution in [1.29, 1.82) is 0 Å². The minimum absolute atomic E-state index is 0.0688. The molecule has 40 heavy (non-hydrogen) atoms. The number of carbonyl (C=O) groups excluding carboxylic acids is 1. The summed E-state index contributed by atoms with van der Waals surface area (Å²) in [7, 11) is 0. The van der Waals surface area contributed by atoms with Crippen molar-refractivity contribution in [3.63, 3.8) is 0 Å². The van der Waals surface area contributed by atoms with E-state index in [2.05, 4.69) is 10.7 Å². The summed E-state index contributed by atoms with van der Waals surface area (Å²) >= 11 is 0. The van der Waals surface area contributed by atoms with E-state index in [0.29, 0.717) is 49.3 Å². The molecule has 2 aromatic carbocycles. The first-order chi connectivity index (χ1) is 19.2. The summed E-state index contributed by atoms with van der Waals surface area (Å²) in [6, 6.07) is 13.8. The molecule has 0 saturated heterocycles. The Morgan fingerprint density at radius 1 is 1.12 bits per heavy atom. The molecule has 0 aliphatic heterocycles. The number of aryl methyl sites for hydroxylation is 1. The lowest BCUT2D eigenvalue weighted by Gasteiger charge is -2.18. The van der Waals surface area contributed by atoms with Gasteiger partial charge in [0.05, 0.1) is 30.0 Å². The van der Waals surface area contributed by atoms with Gasteiger partial charge in [-0.1, -0.05) is 31.2 Å². The van der Waals surface area contributed by atoms with Crippen LogP contribution in [0.15, 0.2) is 53.3 Å². The quantitative estimate of drug-likeness (QED) is 0.225. The molecule has 3 rings (SSSR count). The average Bonchev–Trinajstić information content (AvgIpc) is 2.95. The summed E-state index contributed by atoms with van der Waals surface area (Å²) in [6.45, 7) is 5.57. The fourth-order valence-electron chi connectivity index (χ4n) is 3.98. The van der Waals surface area contributed by atoms with E-state index in [1.165, 1.54) is 0 Å². The second-order valence-electron chi connectivity index (χ2n) is 9.11. The van der Waals surface area contributed by atoms with Gasteiger partial charge in [0.1, 0.15) is 30.3 Å². The predicted molar refractivity (Wildman–Crippen MR) is 149 cm³/mol. The molecule has 0 spiro atoms. The molecular formula is C29H40N4O7. The van der Waals surface area contributed by atoms with Gasteiger partial charge < -0.3 is 35.9 Å². The number of hydrogen-bond donors (Lipinski definition) is 3. The third kappa shape index (κ3) is 10.1. The molecule has 0 bridgehead atoms. The molecule has 6 N–H and O–H groups in total. The maximum absolute atomic E-state index is 12.8. The van der Waals surface area contributed by atoms with Crippen LogP contribution in [0.1, 0.15) is 44.5 Å². The number of rotatable bonds is 15. The summed E-state index contributed by atoms with van der Waals surface area (Å²) in [6.07, 6.45) is 2.28. The van der Waals surface area contributed by atoms with E-state index in [4.69, 9.17) is 20.3 Å². The van der Waals surface area contributed by atoms with Crippen molar-refractivity contribution >= 4 is 22.8 Å². The second-order valence-corrected chi connectivity index (χ2v) is 9.11. The Morgan fingerprint density at radius 3 is 2.42 bits per heavy atom. The molecule has 2 atom stereocenters. The topological polar surface area (TPSA) is 184 Å². The minimum Gasteiger partial charge on any atom is -0.547 e. The monoisotopic (exact) mass is 556 g/mol. The predicted octanol–water partition coefficient (Wildman–Crippen LogP) is 0.546. The SMILES string of the molecule is CCO[C@@H](Cc1ccc(OCCn2c(CC)nc3ccccc3c2=O)cc1)C(=O)[O-].NC(CCCC[NH3+])C(=O)O. The third-order valence-electron chi connectivity index (χ3n) is 6.15. The van der Waals surface area contributed by atoms with Crippen molar-refractivity contribution < 1.29 is 35.0 Å². The Bertz CT molecular complexity index is 1280. The number of aliphatic carboxylic acids is 2. The zero-order chi connectivity index (χ0) is 29.5. The van der Waals surface area contributed by atoms with Crippen molar-refractivity contribution in [2.75, 3.05) is 19.8 Å². The highest BCUT2D eigenvalue weighted by atomic mass is 16.5. The van der Waals surface area contributed by atoms with Gasteiger partial charge in [-0.05, 0) is 56.0 Å². The summed E-state index contributed by atoms with van der Waals surface area (Å²) in [4.78, 5) is 38.7. The number of benzene rings is 2. The van der Waals surface area contributed by atoms with Crippen LogP contribution in [-0.2, 0) is 33.7 Å². The van der Waals surface area contributed by atoms with Crippen molar-refractivity contribution in [3.8, 4) is 5.75 Å². The fraction of sp³-hybridized carbons (Fsp3) is 0.448. The van der Waals surface area contributed by atoms with Crippen LogP contribution in [0, 0.1) is 0 Å². The molecule has 0 fully saturated rings. The van der Waals surface area contributed by atoms with Crippen molar-refractivity contribution in [2.45, 2.75) is 64.6 Å². The summed E-state index contributed by atoms with van der Waals surface area (Å²) in [5.41, 5.74) is 10.3. The highest BCUT2D eigenvalue weighted by Crippen LogP contribution is 2.15. The molecule has 0 amide bonds. The smallest absolute Gasteiger partial charge is 0.320 e. The lowest BCUT2D eigenvalue weighted by Crippen LogP contribution is -2.50. The average molecular weight is 557 g/mol. The van der Waals surface area contributed by atoms with E-state index in [0.717, 1.165) is 30.8 Å². The molecular weight excluding hydrogens is 516 g/mol. The number of unbranched alkanes of at least 4 members (excludes halogenated alkanes) is 1. The van der Waals surface area contributed by atoms with Gasteiger partial charge in [-0.25, -0.2) is 4.98 Å². The molecule has 1 aromatic heterocycles. The number of nitrogens with two attached hydrogens (primary N) is 1. The Labute approximate surface area is 233 Å². The van der Waals surface area contributed by atoms with Crippen LogP contribution in [0.4, 0.5) is 0 Å². The Morgan fingerprint density at radius 2 is 1.82 bits per heavy atom. The zero-order valence-electron chi connectivity index (χ0n) is 23.2. The van der Waals surface area contributed by atoms with Crippen molar-refractivity contribution in [2.24, 2.45) is 5.73 Å². The van der Waals surface area contributed by atoms with Gasteiger partial charge in [-0.15, -0.1) is 0 Å². The number of nitrogens with zero attached hydrogens (tertiary/aromatic N) is 2. The normalized spacial score (nSPS) is 12.3. The molecule has 218 valence electrons. The van der Waals surface area contributed by atoms with Crippen molar-refractivity contribution in [3.05, 3.63) is 70.3 Å². The maximum atomic E-state index is 12.8. The van der Waals surface area contributed by atoms with Crippen LogP contribution in [0.2, 0.25) is 0 Å².